The molecule has 2 atom stereocenters. The van der Waals surface area contributed by atoms with Gasteiger partial charge in [0, 0.05) is 38.0 Å². The Morgan fingerprint density at radius 1 is 1.36 bits per heavy atom. The second kappa shape index (κ2) is 7.44. The van der Waals surface area contributed by atoms with Gasteiger partial charge in [-0.05, 0) is 38.5 Å². The van der Waals surface area contributed by atoms with Crippen LogP contribution in [0.15, 0.2) is 10.4 Å². The van der Waals surface area contributed by atoms with E-state index in [2.05, 4.69) is 34.4 Å². The van der Waals surface area contributed by atoms with Crippen LogP contribution in [0.1, 0.15) is 43.3 Å². The van der Waals surface area contributed by atoms with E-state index in [0.29, 0.717) is 0 Å². The lowest BCUT2D eigenvalue weighted by Crippen LogP contribution is -2.40. The first-order valence-electron chi connectivity index (χ1n) is 8.70. The van der Waals surface area contributed by atoms with E-state index in [-0.39, 0.29) is 0 Å². The van der Waals surface area contributed by atoms with Crippen molar-refractivity contribution in [3.63, 3.8) is 0 Å². The van der Waals surface area contributed by atoms with Gasteiger partial charge in [-0.3, -0.25) is 4.99 Å². The van der Waals surface area contributed by atoms with Gasteiger partial charge in [0.05, 0.1) is 10.7 Å². The number of likely N-dealkylation sites (tertiary alicyclic amines) is 1. The second-order valence-electron chi connectivity index (χ2n) is 6.55. The van der Waals surface area contributed by atoms with Gasteiger partial charge in [0.25, 0.3) is 0 Å². The Bertz CT molecular complexity index is 497. The maximum Gasteiger partial charge on any atom is 0.193 e. The van der Waals surface area contributed by atoms with Gasteiger partial charge in [-0.2, -0.15) is 0 Å². The first kappa shape index (κ1) is 15.8. The second-order valence-corrected chi connectivity index (χ2v) is 7.62. The van der Waals surface area contributed by atoms with E-state index in [1.54, 1.807) is 11.3 Å². The molecule has 2 heterocycles. The predicted octanol–water partition coefficient (Wildman–Crippen LogP) is 3.08. The van der Waals surface area contributed by atoms with Crippen molar-refractivity contribution in [1.29, 1.82) is 0 Å². The fourth-order valence-electron chi connectivity index (χ4n) is 3.80. The lowest BCUT2D eigenvalue weighted by Gasteiger charge is -2.22. The number of aryl methyl sites for hydroxylation is 1. The molecular weight excluding hydrogens is 292 g/mol. The van der Waals surface area contributed by atoms with Crippen molar-refractivity contribution in [2.24, 2.45) is 16.8 Å². The zero-order chi connectivity index (χ0) is 15.4. The van der Waals surface area contributed by atoms with Crippen molar-refractivity contribution in [1.82, 2.24) is 15.2 Å². The summed E-state index contributed by atoms with van der Waals surface area (Å²) in [7, 11) is 0. The Labute approximate surface area is 138 Å². The molecule has 1 aromatic heterocycles. The average molecular weight is 321 g/mol. The van der Waals surface area contributed by atoms with Crippen LogP contribution in [0.25, 0.3) is 0 Å². The molecule has 1 aromatic rings. The average Bonchev–Trinajstić information content (AvgIpc) is 3.12. The minimum Gasteiger partial charge on any atom is -0.357 e. The molecule has 1 aliphatic carbocycles. The maximum absolute atomic E-state index is 4.85. The molecule has 2 fully saturated rings. The molecule has 0 amide bonds. The van der Waals surface area contributed by atoms with Crippen LogP contribution < -0.4 is 5.32 Å². The molecule has 4 nitrogen and oxygen atoms in total. The summed E-state index contributed by atoms with van der Waals surface area (Å²) >= 11 is 1.73. The summed E-state index contributed by atoms with van der Waals surface area (Å²) in [4.78, 5) is 11.9. The number of guanidine groups is 1. The summed E-state index contributed by atoms with van der Waals surface area (Å²) in [6.45, 7) is 8.40. The molecule has 3 rings (SSSR count). The monoisotopic (exact) mass is 320 g/mol. The van der Waals surface area contributed by atoms with Crippen LogP contribution in [0.2, 0.25) is 0 Å². The highest BCUT2D eigenvalue weighted by atomic mass is 32.1. The Morgan fingerprint density at radius 2 is 2.09 bits per heavy atom. The van der Waals surface area contributed by atoms with Gasteiger partial charge in [-0.25, -0.2) is 4.98 Å². The zero-order valence-electron chi connectivity index (χ0n) is 13.8. The summed E-state index contributed by atoms with van der Waals surface area (Å²) < 4.78 is 0. The SMILES string of the molecule is CCNC(=NCCc1csc(C)n1)N1CC2CCCCC2C1. The topological polar surface area (TPSA) is 40.5 Å². The highest BCUT2D eigenvalue weighted by Crippen LogP contribution is 2.35. The Hall–Kier alpha value is -1.10. The minimum absolute atomic E-state index is 0.831. The molecule has 5 heteroatoms. The van der Waals surface area contributed by atoms with Crippen LogP contribution >= 0.6 is 11.3 Å². The van der Waals surface area contributed by atoms with Crippen LogP contribution in [0.5, 0.6) is 0 Å². The number of hydrogen-bond donors (Lipinski definition) is 1. The molecule has 1 N–H and O–H groups in total. The lowest BCUT2D eigenvalue weighted by atomic mass is 9.82. The highest BCUT2D eigenvalue weighted by Gasteiger charge is 2.35. The molecule has 2 aliphatic rings. The molecule has 22 heavy (non-hydrogen) atoms. The predicted molar refractivity (Wildman–Crippen MR) is 93.6 cm³/mol. The van der Waals surface area contributed by atoms with E-state index in [1.807, 2.05) is 0 Å². The molecule has 1 saturated heterocycles. The smallest absolute Gasteiger partial charge is 0.193 e. The van der Waals surface area contributed by atoms with Crippen LogP contribution in [0.4, 0.5) is 0 Å². The van der Waals surface area contributed by atoms with Crippen LogP contribution in [0, 0.1) is 18.8 Å². The van der Waals surface area contributed by atoms with E-state index in [9.17, 15) is 0 Å². The largest absolute Gasteiger partial charge is 0.357 e. The number of fused-ring (bicyclic) bond motifs is 1. The van der Waals surface area contributed by atoms with Crippen molar-refractivity contribution < 1.29 is 0 Å². The highest BCUT2D eigenvalue weighted by molar-refractivity contribution is 7.09. The van der Waals surface area contributed by atoms with Gasteiger partial charge in [-0.1, -0.05) is 12.8 Å². The summed E-state index contributed by atoms with van der Waals surface area (Å²) in [5.41, 5.74) is 1.18. The molecular formula is C17H28N4S. The third kappa shape index (κ3) is 3.80. The first-order valence-corrected chi connectivity index (χ1v) is 9.58. The lowest BCUT2D eigenvalue weighted by molar-refractivity contribution is 0.299. The zero-order valence-corrected chi connectivity index (χ0v) is 14.7. The number of aliphatic imine (C=N–C) groups is 1. The number of thiazole rings is 1. The first-order chi connectivity index (χ1) is 10.8. The van der Waals surface area contributed by atoms with Crippen molar-refractivity contribution in [2.75, 3.05) is 26.2 Å². The minimum atomic E-state index is 0.831. The normalized spacial score (nSPS) is 25.4. The molecule has 1 saturated carbocycles. The third-order valence-electron chi connectivity index (χ3n) is 4.91. The Kier molecular flexibility index (Phi) is 5.34. The van der Waals surface area contributed by atoms with E-state index in [1.165, 1.54) is 44.5 Å². The van der Waals surface area contributed by atoms with Gasteiger partial charge >= 0.3 is 0 Å². The number of nitrogens with one attached hydrogen (secondary N) is 1. The summed E-state index contributed by atoms with van der Waals surface area (Å²) in [6, 6.07) is 0. The maximum atomic E-state index is 4.85. The number of aromatic nitrogens is 1. The molecule has 122 valence electrons. The van der Waals surface area contributed by atoms with Crippen LogP contribution in [-0.2, 0) is 6.42 Å². The summed E-state index contributed by atoms with van der Waals surface area (Å²) in [5.74, 6) is 2.92. The van der Waals surface area contributed by atoms with E-state index in [4.69, 9.17) is 4.99 Å². The fourth-order valence-corrected chi connectivity index (χ4v) is 4.45. The van der Waals surface area contributed by atoms with Gasteiger partial charge < -0.3 is 10.2 Å². The van der Waals surface area contributed by atoms with E-state index < -0.39 is 0 Å². The Morgan fingerprint density at radius 3 is 2.68 bits per heavy atom. The molecule has 0 aromatic carbocycles. The molecule has 0 radical (unpaired) electrons. The van der Waals surface area contributed by atoms with Gasteiger partial charge in [0.15, 0.2) is 5.96 Å². The third-order valence-corrected chi connectivity index (χ3v) is 5.73. The Balaban J connectivity index is 1.58. The summed E-state index contributed by atoms with van der Waals surface area (Å²) in [6.07, 6.45) is 6.62. The number of hydrogen-bond acceptors (Lipinski definition) is 3. The van der Waals surface area contributed by atoms with Gasteiger partial charge in [0.1, 0.15) is 0 Å². The molecule has 0 spiro atoms. The number of rotatable bonds is 4. The molecule has 0 bridgehead atoms. The molecule has 1 aliphatic heterocycles. The van der Waals surface area contributed by atoms with Crippen LogP contribution in [0.3, 0.4) is 0 Å². The summed E-state index contributed by atoms with van der Waals surface area (Å²) in [5, 5.41) is 6.79. The standard InChI is InChI=1S/C17H28N4S/c1-3-18-17(19-9-8-16-12-22-13(2)20-16)21-10-14-6-4-5-7-15(14)11-21/h12,14-15H,3-11H2,1-2H3,(H,18,19). The van der Waals surface area contributed by atoms with Crippen molar-refractivity contribution in [3.8, 4) is 0 Å². The molecule has 2 unspecified atom stereocenters. The van der Waals surface area contributed by atoms with Gasteiger partial charge in [0.2, 0.25) is 0 Å². The number of nitrogens with zero attached hydrogens (tertiary/aromatic N) is 3. The van der Waals surface area contributed by atoms with Gasteiger partial charge in [-0.15, -0.1) is 11.3 Å². The quantitative estimate of drug-likeness (QED) is 0.684. The van der Waals surface area contributed by atoms with Crippen molar-refractivity contribution in [2.45, 2.75) is 46.0 Å². The van der Waals surface area contributed by atoms with Crippen LogP contribution in [-0.4, -0.2) is 42.0 Å². The van der Waals surface area contributed by atoms with Crippen molar-refractivity contribution >= 4 is 17.3 Å². The van der Waals surface area contributed by atoms with E-state index in [0.717, 1.165) is 42.3 Å². The van der Waals surface area contributed by atoms with E-state index >= 15 is 0 Å². The fraction of sp³-hybridized carbons (Fsp3) is 0.765. The van der Waals surface area contributed by atoms with Crippen molar-refractivity contribution in [3.05, 3.63) is 16.1 Å².